The lowest BCUT2D eigenvalue weighted by Crippen LogP contribution is -2.47. The fraction of sp³-hybridized carbons (Fsp3) is 0.667. The molecule has 1 aliphatic heterocycles. The Balaban J connectivity index is 2.11. The second kappa shape index (κ2) is 7.69. The number of carbonyl (C=O) groups is 2. The molecule has 0 aromatic carbocycles. The molecule has 1 fully saturated rings. The van der Waals surface area contributed by atoms with Crippen LogP contribution in [0.4, 0.5) is 0 Å². The minimum Gasteiger partial charge on any atom is -0.341 e. The molecule has 1 unspecified atom stereocenters. The highest BCUT2D eigenvalue weighted by molar-refractivity contribution is 7.09. The molecule has 2 heterocycles. The Bertz CT molecular complexity index is 527. The lowest BCUT2D eigenvalue weighted by Gasteiger charge is -2.28. The van der Waals surface area contributed by atoms with Gasteiger partial charge in [0.05, 0.1) is 5.01 Å². The normalized spacial score (nSPS) is 17.8. The molecule has 0 bridgehead atoms. The summed E-state index contributed by atoms with van der Waals surface area (Å²) >= 11 is 1.45. The van der Waals surface area contributed by atoms with Crippen molar-refractivity contribution in [3.8, 4) is 0 Å². The van der Waals surface area contributed by atoms with Gasteiger partial charge in [0.2, 0.25) is 5.91 Å². The molecule has 1 aromatic heterocycles. The van der Waals surface area contributed by atoms with E-state index in [0.29, 0.717) is 38.3 Å². The van der Waals surface area contributed by atoms with Crippen molar-refractivity contribution in [3.63, 3.8) is 0 Å². The van der Waals surface area contributed by atoms with Crippen molar-refractivity contribution >= 4 is 23.2 Å². The zero-order valence-electron chi connectivity index (χ0n) is 13.2. The monoisotopic (exact) mass is 324 g/mol. The van der Waals surface area contributed by atoms with Crippen LogP contribution in [0.2, 0.25) is 0 Å². The predicted molar refractivity (Wildman–Crippen MR) is 86.9 cm³/mol. The number of nitrogens with zero attached hydrogens (tertiary/aromatic N) is 3. The Morgan fingerprint density at radius 1 is 1.45 bits per heavy atom. The lowest BCUT2D eigenvalue weighted by atomic mass is 10.2. The standard InChI is InChI=1S/C15H24N4O2S/c1-3-18(4-2)15(21)12-6-5-9-19(12)14(20)11-10-22-13(17-11)7-8-16/h10,12H,3-9,16H2,1-2H3. The van der Waals surface area contributed by atoms with Crippen LogP contribution >= 0.6 is 11.3 Å². The van der Waals surface area contributed by atoms with E-state index in [1.54, 1.807) is 15.2 Å². The summed E-state index contributed by atoms with van der Waals surface area (Å²) in [6.45, 7) is 6.41. The first-order chi connectivity index (χ1) is 10.6. The van der Waals surface area contributed by atoms with E-state index < -0.39 is 0 Å². The molecule has 6 nitrogen and oxygen atoms in total. The van der Waals surface area contributed by atoms with Crippen molar-refractivity contribution in [2.45, 2.75) is 39.2 Å². The van der Waals surface area contributed by atoms with Crippen molar-refractivity contribution in [3.05, 3.63) is 16.1 Å². The van der Waals surface area contributed by atoms with Crippen LogP contribution in [0, 0.1) is 0 Å². The SMILES string of the molecule is CCN(CC)C(=O)C1CCCN1C(=O)c1csc(CCN)n1. The van der Waals surface area contributed by atoms with E-state index in [4.69, 9.17) is 5.73 Å². The molecule has 2 N–H and O–H groups in total. The molecule has 122 valence electrons. The minimum atomic E-state index is -0.341. The molecule has 22 heavy (non-hydrogen) atoms. The van der Waals surface area contributed by atoms with Crippen LogP contribution in [0.1, 0.15) is 42.2 Å². The molecule has 2 amide bonds. The van der Waals surface area contributed by atoms with Crippen LogP contribution in [-0.4, -0.2) is 58.8 Å². The largest absolute Gasteiger partial charge is 0.341 e. The number of amides is 2. The van der Waals surface area contributed by atoms with Crippen LogP contribution in [0.3, 0.4) is 0 Å². The fourth-order valence-electron chi connectivity index (χ4n) is 2.81. The van der Waals surface area contributed by atoms with Crippen LogP contribution in [0.5, 0.6) is 0 Å². The highest BCUT2D eigenvalue weighted by Gasteiger charge is 2.36. The van der Waals surface area contributed by atoms with E-state index in [1.165, 1.54) is 11.3 Å². The Morgan fingerprint density at radius 3 is 2.82 bits per heavy atom. The van der Waals surface area contributed by atoms with Gasteiger partial charge >= 0.3 is 0 Å². The first-order valence-electron chi connectivity index (χ1n) is 7.86. The van der Waals surface area contributed by atoms with Gasteiger partial charge in [0.15, 0.2) is 0 Å². The number of nitrogens with two attached hydrogens (primary N) is 1. The number of carbonyl (C=O) groups excluding carboxylic acids is 2. The highest BCUT2D eigenvalue weighted by atomic mass is 32.1. The Morgan fingerprint density at radius 2 is 2.18 bits per heavy atom. The Kier molecular flexibility index (Phi) is 5.90. The topological polar surface area (TPSA) is 79.5 Å². The number of rotatable bonds is 6. The zero-order valence-corrected chi connectivity index (χ0v) is 14.1. The van der Waals surface area contributed by atoms with Crippen molar-refractivity contribution < 1.29 is 9.59 Å². The molecule has 2 rings (SSSR count). The summed E-state index contributed by atoms with van der Waals surface area (Å²) < 4.78 is 0. The van der Waals surface area contributed by atoms with Crippen LogP contribution < -0.4 is 5.73 Å². The Labute approximate surface area is 135 Å². The number of hydrogen-bond donors (Lipinski definition) is 1. The summed E-state index contributed by atoms with van der Waals surface area (Å²) in [7, 11) is 0. The average molecular weight is 324 g/mol. The first-order valence-corrected chi connectivity index (χ1v) is 8.74. The summed E-state index contributed by atoms with van der Waals surface area (Å²) in [5.41, 5.74) is 5.95. The lowest BCUT2D eigenvalue weighted by molar-refractivity contribution is -0.134. The summed E-state index contributed by atoms with van der Waals surface area (Å²) in [6, 6.07) is -0.341. The summed E-state index contributed by atoms with van der Waals surface area (Å²) in [6.07, 6.45) is 2.28. The molecule has 1 aliphatic rings. The second-order valence-corrected chi connectivity index (χ2v) is 6.27. The summed E-state index contributed by atoms with van der Waals surface area (Å²) in [5.74, 6) is -0.0872. The van der Waals surface area contributed by atoms with Gasteiger partial charge in [-0.15, -0.1) is 11.3 Å². The quantitative estimate of drug-likeness (QED) is 0.850. The molecule has 1 aromatic rings. The molecule has 0 aliphatic carbocycles. The molecule has 0 saturated carbocycles. The van der Waals surface area contributed by atoms with E-state index >= 15 is 0 Å². The summed E-state index contributed by atoms with van der Waals surface area (Å²) in [5, 5.41) is 2.64. The average Bonchev–Trinajstić information content (AvgIpc) is 3.17. The van der Waals surface area contributed by atoms with E-state index in [2.05, 4.69) is 4.98 Å². The predicted octanol–water partition coefficient (Wildman–Crippen LogP) is 1.12. The van der Waals surface area contributed by atoms with Crippen LogP contribution in [0.25, 0.3) is 0 Å². The number of likely N-dealkylation sites (N-methyl/N-ethyl adjacent to an activating group) is 1. The van der Waals surface area contributed by atoms with Crippen molar-refractivity contribution in [1.29, 1.82) is 0 Å². The molecular weight excluding hydrogens is 300 g/mol. The maximum atomic E-state index is 12.6. The van der Waals surface area contributed by atoms with Gasteiger partial charge < -0.3 is 15.5 Å². The van der Waals surface area contributed by atoms with E-state index in [-0.39, 0.29) is 17.9 Å². The van der Waals surface area contributed by atoms with Gasteiger partial charge in [0.25, 0.3) is 5.91 Å². The zero-order chi connectivity index (χ0) is 16.1. The van der Waals surface area contributed by atoms with Gasteiger partial charge in [-0.3, -0.25) is 9.59 Å². The van der Waals surface area contributed by atoms with Crippen molar-refractivity contribution in [2.75, 3.05) is 26.2 Å². The van der Waals surface area contributed by atoms with Gasteiger partial charge in [0.1, 0.15) is 11.7 Å². The smallest absolute Gasteiger partial charge is 0.274 e. The minimum absolute atomic E-state index is 0.0493. The Hall–Kier alpha value is -1.47. The number of hydrogen-bond acceptors (Lipinski definition) is 5. The van der Waals surface area contributed by atoms with Gasteiger partial charge in [-0.2, -0.15) is 0 Å². The molecule has 7 heteroatoms. The number of aromatic nitrogens is 1. The molecule has 0 radical (unpaired) electrons. The van der Waals surface area contributed by atoms with Crippen molar-refractivity contribution in [1.82, 2.24) is 14.8 Å². The number of likely N-dealkylation sites (tertiary alicyclic amines) is 1. The van der Waals surface area contributed by atoms with Crippen LogP contribution in [0.15, 0.2) is 5.38 Å². The number of thiazole rings is 1. The fourth-order valence-corrected chi connectivity index (χ4v) is 3.60. The third-order valence-corrected chi connectivity index (χ3v) is 4.91. The molecule has 0 spiro atoms. The third kappa shape index (κ3) is 3.47. The van der Waals surface area contributed by atoms with Crippen molar-refractivity contribution in [2.24, 2.45) is 5.73 Å². The van der Waals surface area contributed by atoms with Gasteiger partial charge in [-0.25, -0.2) is 4.98 Å². The van der Waals surface area contributed by atoms with E-state index in [0.717, 1.165) is 17.8 Å². The molecular formula is C15H24N4O2S. The maximum absolute atomic E-state index is 12.6. The van der Waals surface area contributed by atoms with Crippen LogP contribution in [-0.2, 0) is 11.2 Å². The third-order valence-electron chi connectivity index (χ3n) is 4.00. The molecule has 1 saturated heterocycles. The second-order valence-electron chi connectivity index (χ2n) is 5.33. The van der Waals surface area contributed by atoms with E-state index in [1.807, 2.05) is 13.8 Å². The summed E-state index contributed by atoms with van der Waals surface area (Å²) in [4.78, 5) is 33.0. The van der Waals surface area contributed by atoms with Gasteiger partial charge in [-0.1, -0.05) is 0 Å². The van der Waals surface area contributed by atoms with E-state index in [9.17, 15) is 9.59 Å². The maximum Gasteiger partial charge on any atom is 0.274 e. The first kappa shape index (κ1) is 16.9. The molecule has 1 atom stereocenters. The van der Waals surface area contributed by atoms with Gasteiger partial charge in [0, 0.05) is 31.4 Å². The highest BCUT2D eigenvalue weighted by Crippen LogP contribution is 2.23. The van der Waals surface area contributed by atoms with Gasteiger partial charge in [-0.05, 0) is 33.2 Å².